The van der Waals surface area contributed by atoms with Crippen LogP contribution < -0.4 is 14.8 Å². The first kappa shape index (κ1) is 20.5. The normalized spacial score (nSPS) is 14.9. The summed E-state index contributed by atoms with van der Waals surface area (Å²) in [6.07, 6.45) is 2.53. The Morgan fingerprint density at radius 3 is 2.91 bits per heavy atom. The van der Waals surface area contributed by atoms with Gasteiger partial charge in [0.15, 0.2) is 11.6 Å². The minimum absolute atomic E-state index is 0.111. The largest absolute Gasteiger partial charge is 0.492 e. The van der Waals surface area contributed by atoms with Gasteiger partial charge < -0.3 is 19.2 Å². The minimum atomic E-state index is -0.212. The Balaban J connectivity index is 1.51. The molecule has 32 heavy (non-hydrogen) atoms. The van der Waals surface area contributed by atoms with E-state index in [1.54, 1.807) is 12.3 Å². The van der Waals surface area contributed by atoms with E-state index in [1.807, 2.05) is 45.9 Å². The highest BCUT2D eigenvalue weighted by Gasteiger charge is 2.25. The molecule has 1 N–H and O–H groups in total. The molecule has 4 heterocycles. The van der Waals surface area contributed by atoms with E-state index in [0.717, 1.165) is 39.2 Å². The molecule has 1 atom stereocenters. The van der Waals surface area contributed by atoms with Gasteiger partial charge in [-0.3, -0.25) is 4.79 Å². The van der Waals surface area contributed by atoms with Gasteiger partial charge in [-0.25, -0.2) is 9.97 Å². The van der Waals surface area contributed by atoms with Crippen LogP contribution >= 0.6 is 11.3 Å². The molecule has 164 valence electrons. The minimum Gasteiger partial charge on any atom is -0.492 e. The van der Waals surface area contributed by atoms with Gasteiger partial charge in [-0.05, 0) is 51.5 Å². The molecule has 8 heteroatoms. The second-order valence-corrected chi connectivity index (χ2v) is 8.82. The standard InChI is InChI=1S/C24H23N3O4S/c1-5-29-19-10-15-9-12(2)31-18(15)11-16(19)26-23(28)21-13(3)20-14(4)25-22(27-24(20)32-21)17-7-6-8-30-17/h6-8,10-12H,5,9H2,1-4H3,(H,26,28). The summed E-state index contributed by atoms with van der Waals surface area (Å²) in [4.78, 5) is 23.8. The molecule has 1 aromatic carbocycles. The van der Waals surface area contributed by atoms with Crippen LogP contribution in [-0.4, -0.2) is 28.6 Å². The number of furan rings is 1. The number of hydrogen-bond acceptors (Lipinski definition) is 7. The zero-order chi connectivity index (χ0) is 22.4. The Morgan fingerprint density at radius 1 is 1.31 bits per heavy atom. The maximum absolute atomic E-state index is 13.3. The van der Waals surface area contributed by atoms with E-state index >= 15 is 0 Å². The van der Waals surface area contributed by atoms with Gasteiger partial charge >= 0.3 is 0 Å². The number of nitrogens with zero attached hydrogens (tertiary/aromatic N) is 2. The van der Waals surface area contributed by atoms with E-state index in [1.165, 1.54) is 11.3 Å². The molecule has 0 radical (unpaired) electrons. The summed E-state index contributed by atoms with van der Waals surface area (Å²) in [5, 5.41) is 3.91. The molecule has 0 aliphatic carbocycles. The van der Waals surface area contributed by atoms with Crippen LogP contribution in [0.3, 0.4) is 0 Å². The third-order valence-corrected chi connectivity index (χ3v) is 6.65. The van der Waals surface area contributed by atoms with Crippen LogP contribution in [0.5, 0.6) is 11.5 Å². The lowest BCUT2D eigenvalue weighted by molar-refractivity contribution is 0.102. The zero-order valence-corrected chi connectivity index (χ0v) is 19.1. The number of hydrogen-bond donors (Lipinski definition) is 1. The highest BCUT2D eigenvalue weighted by molar-refractivity contribution is 7.20. The first-order valence-electron chi connectivity index (χ1n) is 10.5. The molecule has 0 fully saturated rings. The number of ether oxygens (including phenoxy) is 2. The molecular weight excluding hydrogens is 426 g/mol. The molecule has 3 aromatic heterocycles. The number of rotatable bonds is 5. The maximum Gasteiger partial charge on any atom is 0.266 e. The number of nitrogens with one attached hydrogen (secondary N) is 1. The van der Waals surface area contributed by atoms with E-state index in [2.05, 4.69) is 15.3 Å². The van der Waals surface area contributed by atoms with E-state index < -0.39 is 0 Å². The predicted octanol–water partition coefficient (Wildman–Crippen LogP) is 5.54. The van der Waals surface area contributed by atoms with E-state index in [4.69, 9.17) is 13.9 Å². The summed E-state index contributed by atoms with van der Waals surface area (Å²) in [7, 11) is 0. The third kappa shape index (κ3) is 3.50. The second-order valence-electron chi connectivity index (χ2n) is 7.82. The van der Waals surface area contributed by atoms with Gasteiger partial charge in [0.25, 0.3) is 5.91 Å². The van der Waals surface area contributed by atoms with Crippen LogP contribution in [0.15, 0.2) is 34.9 Å². The number of amides is 1. The van der Waals surface area contributed by atoms with Crippen molar-refractivity contribution in [1.82, 2.24) is 9.97 Å². The van der Waals surface area contributed by atoms with Crippen LogP contribution in [0.4, 0.5) is 5.69 Å². The van der Waals surface area contributed by atoms with Crippen LogP contribution in [0.25, 0.3) is 21.8 Å². The number of fused-ring (bicyclic) bond motifs is 2. The summed E-state index contributed by atoms with van der Waals surface area (Å²) in [6.45, 7) is 8.30. The van der Waals surface area contributed by atoms with Crippen molar-refractivity contribution < 1.29 is 18.7 Å². The molecule has 0 spiro atoms. The molecule has 5 rings (SSSR count). The van der Waals surface area contributed by atoms with Gasteiger partial charge in [-0.1, -0.05) is 0 Å². The van der Waals surface area contributed by atoms with Gasteiger partial charge in [0.1, 0.15) is 22.4 Å². The monoisotopic (exact) mass is 449 g/mol. The fraction of sp³-hybridized carbons (Fsp3) is 0.292. The first-order chi connectivity index (χ1) is 15.4. The Kier molecular flexibility index (Phi) is 5.09. The Hall–Kier alpha value is -3.39. The Bertz CT molecular complexity index is 1330. The van der Waals surface area contributed by atoms with Gasteiger partial charge in [0, 0.05) is 23.4 Å². The zero-order valence-electron chi connectivity index (χ0n) is 18.3. The molecular formula is C24H23N3O4S. The van der Waals surface area contributed by atoms with Crippen LogP contribution in [-0.2, 0) is 6.42 Å². The fourth-order valence-electron chi connectivity index (χ4n) is 4.06. The average molecular weight is 450 g/mol. The quantitative estimate of drug-likeness (QED) is 0.430. The summed E-state index contributed by atoms with van der Waals surface area (Å²) >= 11 is 1.35. The van der Waals surface area contributed by atoms with Crippen molar-refractivity contribution in [2.24, 2.45) is 0 Å². The van der Waals surface area contributed by atoms with Gasteiger partial charge in [-0.2, -0.15) is 0 Å². The fourth-order valence-corrected chi connectivity index (χ4v) is 5.19. The SMILES string of the molecule is CCOc1cc2c(cc1NC(=O)c1sc3nc(-c4ccco4)nc(C)c3c1C)OC(C)C2. The van der Waals surface area contributed by atoms with E-state index in [-0.39, 0.29) is 12.0 Å². The van der Waals surface area contributed by atoms with E-state index in [9.17, 15) is 4.79 Å². The summed E-state index contributed by atoms with van der Waals surface area (Å²) in [5.74, 6) is 2.33. The topological polar surface area (TPSA) is 86.5 Å². The number of benzene rings is 1. The first-order valence-corrected chi connectivity index (χ1v) is 11.4. The smallest absolute Gasteiger partial charge is 0.266 e. The van der Waals surface area contributed by atoms with E-state index in [0.29, 0.717) is 34.5 Å². The van der Waals surface area contributed by atoms with Crippen molar-refractivity contribution in [2.75, 3.05) is 11.9 Å². The predicted molar refractivity (Wildman–Crippen MR) is 124 cm³/mol. The van der Waals surface area contributed by atoms with Gasteiger partial charge in [-0.15, -0.1) is 11.3 Å². The van der Waals surface area contributed by atoms with Crippen LogP contribution in [0.1, 0.15) is 40.3 Å². The number of thiophene rings is 1. The summed E-state index contributed by atoms with van der Waals surface area (Å²) in [6, 6.07) is 7.43. The molecule has 0 saturated carbocycles. The molecule has 1 aliphatic heterocycles. The van der Waals surface area contributed by atoms with Crippen molar-refractivity contribution in [3.63, 3.8) is 0 Å². The lowest BCUT2D eigenvalue weighted by Gasteiger charge is -2.13. The number of carbonyl (C=O) groups is 1. The van der Waals surface area contributed by atoms with Crippen molar-refractivity contribution in [3.05, 3.63) is 52.2 Å². The second kappa shape index (κ2) is 7.94. The number of aryl methyl sites for hydroxylation is 2. The maximum atomic E-state index is 13.3. The Morgan fingerprint density at radius 2 is 2.16 bits per heavy atom. The molecule has 1 unspecified atom stereocenters. The third-order valence-electron chi connectivity index (χ3n) is 5.47. The van der Waals surface area contributed by atoms with Gasteiger partial charge in [0.2, 0.25) is 0 Å². The molecule has 0 saturated heterocycles. The molecule has 1 amide bonds. The van der Waals surface area contributed by atoms with Crippen molar-refractivity contribution in [3.8, 4) is 23.1 Å². The van der Waals surface area contributed by atoms with Crippen molar-refractivity contribution in [1.29, 1.82) is 0 Å². The average Bonchev–Trinajstić information content (AvgIpc) is 3.47. The van der Waals surface area contributed by atoms with Crippen molar-refractivity contribution >= 4 is 33.1 Å². The van der Waals surface area contributed by atoms with Gasteiger partial charge in [0.05, 0.1) is 29.1 Å². The molecule has 0 bridgehead atoms. The molecule has 4 aromatic rings. The lowest BCUT2D eigenvalue weighted by Crippen LogP contribution is -2.13. The van der Waals surface area contributed by atoms with Crippen LogP contribution in [0, 0.1) is 13.8 Å². The van der Waals surface area contributed by atoms with Crippen molar-refractivity contribution in [2.45, 2.75) is 40.2 Å². The summed E-state index contributed by atoms with van der Waals surface area (Å²) in [5.41, 5.74) is 3.35. The number of aromatic nitrogens is 2. The number of anilines is 1. The molecule has 1 aliphatic rings. The Labute approximate surface area is 189 Å². The lowest BCUT2D eigenvalue weighted by atomic mass is 10.1. The highest BCUT2D eigenvalue weighted by Crippen LogP contribution is 2.39. The van der Waals surface area contributed by atoms with Crippen LogP contribution in [0.2, 0.25) is 0 Å². The number of carbonyl (C=O) groups excluding carboxylic acids is 1. The molecule has 7 nitrogen and oxygen atoms in total. The highest BCUT2D eigenvalue weighted by atomic mass is 32.1. The summed E-state index contributed by atoms with van der Waals surface area (Å²) < 4.78 is 17.1.